The van der Waals surface area contributed by atoms with Crippen LogP contribution in [0.1, 0.15) is 22.5 Å². The summed E-state index contributed by atoms with van der Waals surface area (Å²) in [7, 11) is 0. The number of carbonyl (C=O) groups is 1. The van der Waals surface area contributed by atoms with Gasteiger partial charge in [0.1, 0.15) is 5.75 Å². The molecule has 0 aliphatic heterocycles. The Morgan fingerprint density at radius 2 is 1.85 bits per heavy atom. The fourth-order valence-electron chi connectivity index (χ4n) is 2.76. The van der Waals surface area contributed by atoms with Crippen LogP contribution in [0.5, 0.6) is 5.75 Å². The molecule has 1 aromatic heterocycles. The Morgan fingerprint density at radius 3 is 2.52 bits per heavy atom. The smallest absolute Gasteiger partial charge is 0.258 e. The summed E-state index contributed by atoms with van der Waals surface area (Å²) in [5.74, 6) is 0.332. The van der Waals surface area contributed by atoms with Crippen LogP contribution in [-0.2, 0) is 11.3 Å². The highest BCUT2D eigenvalue weighted by Gasteiger charge is 2.13. The van der Waals surface area contributed by atoms with Gasteiger partial charge in [-0.15, -0.1) is 0 Å². The van der Waals surface area contributed by atoms with Gasteiger partial charge in [-0.3, -0.25) is 4.79 Å². The van der Waals surface area contributed by atoms with Gasteiger partial charge in [0.25, 0.3) is 5.91 Å². The molecule has 0 aliphatic rings. The van der Waals surface area contributed by atoms with Crippen LogP contribution in [0.2, 0.25) is 0 Å². The number of nitrogens with zero attached hydrogens (tertiary/aromatic N) is 3. The van der Waals surface area contributed by atoms with Crippen molar-refractivity contribution in [1.29, 1.82) is 5.26 Å². The minimum Gasteiger partial charge on any atom is -0.484 e. The van der Waals surface area contributed by atoms with Crippen molar-refractivity contribution in [3.8, 4) is 17.5 Å². The molecule has 136 valence electrons. The van der Waals surface area contributed by atoms with Crippen molar-refractivity contribution in [2.45, 2.75) is 20.4 Å². The predicted octanol–water partition coefficient (Wildman–Crippen LogP) is 3.06. The monoisotopic (exact) mass is 360 g/mol. The summed E-state index contributed by atoms with van der Waals surface area (Å²) in [6.07, 6.45) is 0. The molecule has 1 heterocycles. The van der Waals surface area contributed by atoms with E-state index in [1.165, 1.54) is 0 Å². The number of para-hydroxylation sites is 1. The van der Waals surface area contributed by atoms with Crippen molar-refractivity contribution in [3.63, 3.8) is 0 Å². The van der Waals surface area contributed by atoms with Gasteiger partial charge in [0.05, 0.1) is 23.0 Å². The fraction of sp³-hybridized carbons (Fsp3) is 0.190. The Balaban J connectivity index is 1.59. The Labute approximate surface area is 158 Å². The van der Waals surface area contributed by atoms with E-state index in [2.05, 4.69) is 10.4 Å². The summed E-state index contributed by atoms with van der Waals surface area (Å²) in [4.78, 5) is 12.1. The molecule has 0 saturated carbocycles. The number of nitriles is 1. The molecule has 2 aromatic carbocycles. The van der Waals surface area contributed by atoms with Crippen molar-refractivity contribution in [2.24, 2.45) is 0 Å². The van der Waals surface area contributed by atoms with Crippen LogP contribution >= 0.6 is 0 Å². The van der Waals surface area contributed by atoms with Crippen molar-refractivity contribution < 1.29 is 9.53 Å². The Morgan fingerprint density at radius 1 is 1.15 bits per heavy atom. The number of rotatable bonds is 6. The summed E-state index contributed by atoms with van der Waals surface area (Å²) in [5, 5.41) is 16.2. The molecule has 3 aromatic rings. The third-order valence-electron chi connectivity index (χ3n) is 4.26. The van der Waals surface area contributed by atoms with Crippen LogP contribution in [0.15, 0.2) is 54.6 Å². The Kier molecular flexibility index (Phi) is 5.53. The first-order valence-electron chi connectivity index (χ1n) is 8.58. The number of hydrogen-bond acceptors (Lipinski definition) is 4. The zero-order valence-corrected chi connectivity index (χ0v) is 15.3. The van der Waals surface area contributed by atoms with Gasteiger partial charge in [0, 0.05) is 17.8 Å². The first kappa shape index (κ1) is 18.2. The van der Waals surface area contributed by atoms with Gasteiger partial charge in [-0.2, -0.15) is 10.4 Å². The largest absolute Gasteiger partial charge is 0.484 e. The average Bonchev–Trinajstić information content (AvgIpc) is 2.99. The second-order valence-electron chi connectivity index (χ2n) is 6.10. The third-order valence-corrected chi connectivity index (χ3v) is 4.26. The van der Waals surface area contributed by atoms with Crippen molar-refractivity contribution in [1.82, 2.24) is 15.1 Å². The van der Waals surface area contributed by atoms with Gasteiger partial charge < -0.3 is 10.1 Å². The van der Waals surface area contributed by atoms with Crippen LogP contribution in [0, 0.1) is 25.2 Å². The molecule has 1 amide bonds. The second kappa shape index (κ2) is 8.19. The molecule has 27 heavy (non-hydrogen) atoms. The highest BCUT2D eigenvalue weighted by Crippen LogP contribution is 2.17. The summed E-state index contributed by atoms with van der Waals surface area (Å²) >= 11 is 0. The number of carbonyl (C=O) groups excluding carboxylic acids is 1. The molecule has 0 saturated heterocycles. The number of ether oxygens (including phenoxy) is 1. The van der Waals surface area contributed by atoms with Crippen molar-refractivity contribution in [3.05, 3.63) is 77.1 Å². The van der Waals surface area contributed by atoms with Crippen LogP contribution < -0.4 is 10.1 Å². The number of aryl methyl sites for hydroxylation is 1. The van der Waals surface area contributed by atoms with Crippen LogP contribution in [-0.4, -0.2) is 22.3 Å². The van der Waals surface area contributed by atoms with E-state index in [4.69, 9.17) is 10.00 Å². The Hall–Kier alpha value is -3.59. The zero-order valence-electron chi connectivity index (χ0n) is 15.3. The topological polar surface area (TPSA) is 79.9 Å². The summed E-state index contributed by atoms with van der Waals surface area (Å²) in [5.41, 5.74) is 4.40. The fourth-order valence-corrected chi connectivity index (χ4v) is 2.76. The number of nitrogens with one attached hydrogen (secondary N) is 1. The molecule has 0 fully saturated rings. The van der Waals surface area contributed by atoms with Gasteiger partial charge >= 0.3 is 0 Å². The lowest BCUT2D eigenvalue weighted by molar-refractivity contribution is -0.123. The van der Waals surface area contributed by atoms with E-state index < -0.39 is 0 Å². The van der Waals surface area contributed by atoms with Crippen molar-refractivity contribution in [2.75, 3.05) is 6.61 Å². The summed E-state index contributed by atoms with van der Waals surface area (Å²) in [6, 6.07) is 18.6. The number of benzene rings is 2. The molecule has 3 rings (SSSR count). The van der Waals surface area contributed by atoms with E-state index >= 15 is 0 Å². The number of aromatic nitrogens is 2. The SMILES string of the molecule is Cc1nn(-c2ccccc2)c(C)c1CNC(=O)COc1ccc(C#N)cc1. The number of hydrogen-bond donors (Lipinski definition) is 1. The molecule has 1 N–H and O–H groups in total. The third kappa shape index (κ3) is 4.33. The van der Waals surface area contributed by atoms with E-state index in [9.17, 15) is 4.79 Å². The predicted molar refractivity (Wildman–Crippen MR) is 102 cm³/mol. The lowest BCUT2D eigenvalue weighted by Crippen LogP contribution is -2.28. The quantitative estimate of drug-likeness (QED) is 0.733. The summed E-state index contributed by atoms with van der Waals surface area (Å²) in [6.45, 7) is 4.22. The van der Waals surface area contributed by atoms with Gasteiger partial charge in [0.2, 0.25) is 0 Å². The van der Waals surface area contributed by atoms with Crippen molar-refractivity contribution >= 4 is 5.91 Å². The molecular formula is C21H20N4O2. The van der Waals surface area contributed by atoms with Gasteiger partial charge in [0.15, 0.2) is 6.61 Å². The maximum absolute atomic E-state index is 12.1. The minimum atomic E-state index is -0.217. The van der Waals surface area contributed by atoms with E-state index in [1.54, 1.807) is 24.3 Å². The van der Waals surface area contributed by atoms with Gasteiger partial charge in [-0.25, -0.2) is 4.68 Å². The zero-order chi connectivity index (χ0) is 19.2. The first-order chi connectivity index (χ1) is 13.1. The second-order valence-corrected chi connectivity index (χ2v) is 6.10. The lowest BCUT2D eigenvalue weighted by atomic mass is 10.2. The molecule has 0 bridgehead atoms. The number of amides is 1. The maximum Gasteiger partial charge on any atom is 0.258 e. The molecule has 6 heteroatoms. The molecule has 6 nitrogen and oxygen atoms in total. The highest BCUT2D eigenvalue weighted by atomic mass is 16.5. The molecule has 0 aliphatic carbocycles. The van der Waals surface area contributed by atoms with E-state index in [-0.39, 0.29) is 12.5 Å². The maximum atomic E-state index is 12.1. The van der Waals surface area contributed by atoms with Crippen LogP contribution in [0.4, 0.5) is 0 Å². The molecule has 0 radical (unpaired) electrons. The summed E-state index contributed by atoms with van der Waals surface area (Å²) < 4.78 is 7.33. The van der Waals surface area contributed by atoms with Crippen LogP contribution in [0.3, 0.4) is 0 Å². The van der Waals surface area contributed by atoms with E-state index in [0.717, 1.165) is 22.6 Å². The highest BCUT2D eigenvalue weighted by molar-refractivity contribution is 5.77. The van der Waals surface area contributed by atoms with Gasteiger partial charge in [-0.1, -0.05) is 18.2 Å². The Bertz CT molecular complexity index is 970. The average molecular weight is 360 g/mol. The van der Waals surface area contributed by atoms with Crippen LogP contribution in [0.25, 0.3) is 5.69 Å². The minimum absolute atomic E-state index is 0.0865. The first-order valence-corrected chi connectivity index (χ1v) is 8.58. The molecular weight excluding hydrogens is 340 g/mol. The molecule has 0 spiro atoms. The van der Waals surface area contributed by atoms with E-state index in [0.29, 0.717) is 17.9 Å². The lowest BCUT2D eigenvalue weighted by Gasteiger charge is -2.08. The molecule has 0 atom stereocenters. The normalized spacial score (nSPS) is 10.3. The standard InChI is InChI=1S/C21H20N4O2/c1-15-20(16(2)25(24-15)18-6-4-3-5-7-18)13-23-21(26)14-27-19-10-8-17(12-22)9-11-19/h3-11H,13-14H2,1-2H3,(H,23,26). The van der Waals surface area contributed by atoms with E-state index in [1.807, 2.05) is 54.9 Å². The molecule has 0 unspecified atom stereocenters. The van der Waals surface area contributed by atoms with Gasteiger partial charge in [-0.05, 0) is 50.2 Å².